The summed E-state index contributed by atoms with van der Waals surface area (Å²) in [6.07, 6.45) is 1.32. The van der Waals surface area contributed by atoms with Crippen molar-refractivity contribution in [1.29, 1.82) is 5.26 Å². The van der Waals surface area contributed by atoms with E-state index in [-0.39, 0.29) is 17.0 Å². The van der Waals surface area contributed by atoms with Gasteiger partial charge in [0.1, 0.15) is 11.6 Å². The van der Waals surface area contributed by atoms with Gasteiger partial charge in [-0.3, -0.25) is 14.3 Å². The lowest BCUT2D eigenvalue weighted by Crippen LogP contribution is -2.36. The van der Waals surface area contributed by atoms with E-state index < -0.39 is 11.2 Å². The second kappa shape index (κ2) is 3.97. The molecule has 5 nitrogen and oxygen atoms in total. The molecule has 1 atom stereocenters. The summed E-state index contributed by atoms with van der Waals surface area (Å²) in [4.78, 5) is 24.9. The zero-order chi connectivity index (χ0) is 12.5. The van der Waals surface area contributed by atoms with E-state index in [1.54, 1.807) is 6.07 Å². The van der Waals surface area contributed by atoms with Gasteiger partial charge >= 0.3 is 5.69 Å². The van der Waals surface area contributed by atoms with Crippen LogP contribution in [0.4, 0.5) is 0 Å². The van der Waals surface area contributed by atoms with Crippen LogP contribution >= 0.6 is 0 Å². The summed E-state index contributed by atoms with van der Waals surface area (Å²) in [5, 5.41) is 8.73. The number of rotatable bonds is 1. The summed E-state index contributed by atoms with van der Waals surface area (Å²) in [7, 11) is 0. The molecule has 0 saturated carbocycles. The number of hydrogen-bond donors (Lipinski definition) is 1. The average Bonchev–Trinajstić information content (AvgIpc) is 2.15. The van der Waals surface area contributed by atoms with Crippen molar-refractivity contribution in [2.75, 3.05) is 0 Å². The Balaban J connectivity index is 3.43. The highest BCUT2D eigenvalue weighted by molar-refractivity contribution is 5.22. The molecule has 0 amide bonds. The van der Waals surface area contributed by atoms with Crippen molar-refractivity contribution in [2.45, 2.75) is 33.7 Å². The van der Waals surface area contributed by atoms with Crippen molar-refractivity contribution in [1.82, 2.24) is 9.55 Å². The van der Waals surface area contributed by atoms with Gasteiger partial charge in [0, 0.05) is 12.2 Å². The van der Waals surface area contributed by atoms with Crippen molar-refractivity contribution in [2.24, 2.45) is 5.41 Å². The van der Waals surface area contributed by atoms with Crippen LogP contribution in [0.2, 0.25) is 0 Å². The van der Waals surface area contributed by atoms with E-state index in [1.807, 2.05) is 27.7 Å². The quantitative estimate of drug-likeness (QED) is 0.768. The molecule has 0 radical (unpaired) electrons. The summed E-state index contributed by atoms with van der Waals surface area (Å²) < 4.78 is 1.39. The maximum absolute atomic E-state index is 11.6. The first-order chi connectivity index (χ1) is 7.27. The normalized spacial score (nSPS) is 13.2. The first kappa shape index (κ1) is 12.2. The smallest absolute Gasteiger partial charge is 0.296 e. The van der Waals surface area contributed by atoms with Crippen molar-refractivity contribution < 1.29 is 0 Å². The zero-order valence-corrected chi connectivity index (χ0v) is 9.87. The maximum atomic E-state index is 11.6. The van der Waals surface area contributed by atoms with Crippen LogP contribution in [-0.2, 0) is 0 Å². The third kappa shape index (κ3) is 2.22. The van der Waals surface area contributed by atoms with Crippen molar-refractivity contribution in [3.63, 3.8) is 0 Å². The van der Waals surface area contributed by atoms with E-state index in [9.17, 15) is 9.59 Å². The van der Waals surface area contributed by atoms with Crippen molar-refractivity contribution in [3.05, 3.63) is 32.6 Å². The van der Waals surface area contributed by atoms with Crippen LogP contribution in [-0.4, -0.2) is 9.55 Å². The molecule has 5 heteroatoms. The number of hydrogen-bond acceptors (Lipinski definition) is 3. The van der Waals surface area contributed by atoms with Gasteiger partial charge in [-0.05, 0) is 12.3 Å². The molecule has 0 saturated heterocycles. The maximum Gasteiger partial charge on any atom is 0.328 e. The molecule has 1 rings (SSSR count). The lowest BCUT2D eigenvalue weighted by atomic mass is 9.88. The highest BCUT2D eigenvalue weighted by atomic mass is 16.2. The molecule has 16 heavy (non-hydrogen) atoms. The molecule has 1 N–H and O–H groups in total. The van der Waals surface area contributed by atoms with Crippen LogP contribution in [0.3, 0.4) is 0 Å². The number of aromatic amines is 1. The van der Waals surface area contributed by atoms with Crippen LogP contribution in [0.15, 0.2) is 15.8 Å². The van der Waals surface area contributed by atoms with E-state index >= 15 is 0 Å². The van der Waals surface area contributed by atoms with Crippen LogP contribution in [0, 0.1) is 16.7 Å². The summed E-state index contributed by atoms with van der Waals surface area (Å²) in [5.74, 6) is 0. The van der Waals surface area contributed by atoms with Gasteiger partial charge in [0.05, 0.1) is 0 Å². The summed E-state index contributed by atoms with van der Waals surface area (Å²) in [6, 6.07) is 1.66. The fourth-order valence-corrected chi connectivity index (χ4v) is 1.27. The molecule has 1 unspecified atom stereocenters. The highest BCUT2D eigenvalue weighted by Crippen LogP contribution is 2.28. The molecule has 1 aromatic rings. The molecule has 0 fully saturated rings. The van der Waals surface area contributed by atoms with Crippen molar-refractivity contribution >= 4 is 0 Å². The standard InChI is InChI=1S/C11H15N3O2/c1-7(11(2,3)4)14-6-8(5-12)9(15)13-10(14)16/h6-7H,1-4H3,(H,13,15,16). The molecule has 0 aliphatic heterocycles. The molecule has 0 spiro atoms. The van der Waals surface area contributed by atoms with Crippen LogP contribution in [0.1, 0.15) is 39.3 Å². The van der Waals surface area contributed by atoms with Gasteiger partial charge in [0.2, 0.25) is 0 Å². The first-order valence-electron chi connectivity index (χ1n) is 5.03. The lowest BCUT2D eigenvalue weighted by molar-refractivity contribution is 0.254. The topological polar surface area (TPSA) is 78.7 Å². The number of nitrogens with zero attached hydrogens (tertiary/aromatic N) is 2. The molecule has 0 aliphatic carbocycles. The van der Waals surface area contributed by atoms with E-state index in [0.29, 0.717) is 0 Å². The van der Waals surface area contributed by atoms with Gasteiger partial charge in [-0.2, -0.15) is 5.26 Å². The minimum atomic E-state index is -0.634. The fraction of sp³-hybridized carbons (Fsp3) is 0.545. The van der Waals surface area contributed by atoms with E-state index in [2.05, 4.69) is 4.98 Å². The van der Waals surface area contributed by atoms with Gasteiger partial charge in [0.15, 0.2) is 0 Å². The predicted octanol–water partition coefficient (Wildman–Crippen LogP) is 1.02. The minimum absolute atomic E-state index is 0.0456. The van der Waals surface area contributed by atoms with Gasteiger partial charge in [0.25, 0.3) is 5.56 Å². The highest BCUT2D eigenvalue weighted by Gasteiger charge is 2.23. The largest absolute Gasteiger partial charge is 0.328 e. The monoisotopic (exact) mass is 221 g/mol. The SMILES string of the molecule is CC(n1cc(C#N)c(=O)[nH]c1=O)C(C)(C)C. The first-order valence-corrected chi connectivity index (χ1v) is 5.03. The third-order valence-corrected chi connectivity index (χ3v) is 2.76. The number of nitrogens with one attached hydrogen (secondary N) is 1. The molecule has 0 aliphatic rings. The van der Waals surface area contributed by atoms with E-state index in [1.165, 1.54) is 10.8 Å². The Morgan fingerprint density at radius 1 is 1.44 bits per heavy atom. The van der Waals surface area contributed by atoms with Gasteiger partial charge < -0.3 is 0 Å². The Morgan fingerprint density at radius 3 is 2.44 bits per heavy atom. The third-order valence-electron chi connectivity index (χ3n) is 2.76. The molecule has 86 valence electrons. The van der Waals surface area contributed by atoms with Crippen LogP contribution < -0.4 is 11.2 Å². The number of aromatic nitrogens is 2. The Bertz CT molecular complexity index is 540. The van der Waals surface area contributed by atoms with Crippen LogP contribution in [0.5, 0.6) is 0 Å². The van der Waals surface area contributed by atoms with E-state index in [4.69, 9.17) is 5.26 Å². The molecular weight excluding hydrogens is 206 g/mol. The van der Waals surface area contributed by atoms with Crippen LogP contribution in [0.25, 0.3) is 0 Å². The van der Waals surface area contributed by atoms with Gasteiger partial charge in [-0.1, -0.05) is 20.8 Å². The Labute approximate surface area is 93.4 Å². The Hall–Kier alpha value is -1.83. The summed E-state index contributed by atoms with van der Waals surface area (Å²) in [5.41, 5.74) is -1.29. The fourth-order valence-electron chi connectivity index (χ4n) is 1.27. The second-order valence-electron chi connectivity index (χ2n) is 4.86. The second-order valence-corrected chi connectivity index (χ2v) is 4.86. The summed E-state index contributed by atoms with van der Waals surface area (Å²) >= 11 is 0. The Kier molecular flexibility index (Phi) is 3.04. The van der Waals surface area contributed by atoms with Crippen molar-refractivity contribution in [3.8, 4) is 6.07 Å². The predicted molar refractivity (Wildman–Crippen MR) is 60.2 cm³/mol. The molecule has 0 aromatic carbocycles. The lowest BCUT2D eigenvalue weighted by Gasteiger charge is -2.28. The molecule has 1 heterocycles. The average molecular weight is 221 g/mol. The van der Waals surface area contributed by atoms with Gasteiger partial charge in [-0.25, -0.2) is 4.79 Å². The zero-order valence-electron chi connectivity index (χ0n) is 9.87. The number of nitriles is 1. The number of H-pyrrole nitrogens is 1. The molecular formula is C11H15N3O2. The molecule has 1 aromatic heterocycles. The van der Waals surface area contributed by atoms with E-state index in [0.717, 1.165) is 0 Å². The minimum Gasteiger partial charge on any atom is -0.296 e. The Morgan fingerprint density at radius 2 is 2.00 bits per heavy atom. The molecule has 0 bridgehead atoms. The summed E-state index contributed by atoms with van der Waals surface area (Å²) in [6.45, 7) is 7.84. The van der Waals surface area contributed by atoms with Gasteiger partial charge in [-0.15, -0.1) is 0 Å².